The van der Waals surface area contributed by atoms with E-state index >= 15 is 0 Å². The van der Waals surface area contributed by atoms with Crippen molar-refractivity contribution in [2.75, 3.05) is 6.54 Å². The van der Waals surface area contributed by atoms with Crippen LogP contribution in [0, 0.1) is 5.92 Å². The maximum absolute atomic E-state index is 12.1. The number of hydrogen-bond donors (Lipinski definition) is 1. The van der Waals surface area contributed by atoms with Gasteiger partial charge in [0, 0.05) is 16.9 Å². The molecular formula is C16H20N2OS. The number of nitrogens with zero attached hydrogens (tertiary/aromatic N) is 1. The van der Waals surface area contributed by atoms with E-state index in [0.29, 0.717) is 13.0 Å². The van der Waals surface area contributed by atoms with Gasteiger partial charge in [-0.2, -0.15) is 0 Å². The number of hydrogen-bond acceptors (Lipinski definition) is 4. The first-order valence-corrected chi connectivity index (χ1v) is 7.81. The fourth-order valence-corrected chi connectivity index (χ4v) is 2.85. The van der Waals surface area contributed by atoms with Crippen molar-refractivity contribution in [3.63, 3.8) is 0 Å². The molecule has 0 radical (unpaired) electrons. The van der Waals surface area contributed by atoms with Crippen LogP contribution in [0.2, 0.25) is 0 Å². The fourth-order valence-electron chi connectivity index (χ4n) is 2.04. The second kappa shape index (κ2) is 7.31. The summed E-state index contributed by atoms with van der Waals surface area (Å²) in [6, 6.07) is 10.0. The quantitative estimate of drug-likeness (QED) is 0.850. The average Bonchev–Trinajstić information content (AvgIpc) is 2.94. The van der Waals surface area contributed by atoms with Crippen LogP contribution < -0.4 is 5.73 Å². The Morgan fingerprint density at radius 1 is 1.35 bits per heavy atom. The highest BCUT2D eigenvalue weighted by Gasteiger charge is 2.15. The van der Waals surface area contributed by atoms with E-state index in [1.165, 1.54) is 0 Å². The van der Waals surface area contributed by atoms with Crippen molar-refractivity contribution in [3.8, 4) is 11.3 Å². The van der Waals surface area contributed by atoms with Crippen molar-refractivity contribution in [3.05, 3.63) is 40.7 Å². The summed E-state index contributed by atoms with van der Waals surface area (Å²) < 4.78 is 0. The molecule has 0 aliphatic carbocycles. The number of carbonyl (C=O) groups excluding carboxylic acids is 1. The molecule has 1 atom stereocenters. The molecule has 2 rings (SSSR count). The highest BCUT2D eigenvalue weighted by molar-refractivity contribution is 7.10. The van der Waals surface area contributed by atoms with Gasteiger partial charge in [0.25, 0.3) is 0 Å². The predicted molar refractivity (Wildman–Crippen MR) is 83.7 cm³/mol. The highest BCUT2D eigenvalue weighted by atomic mass is 32.1. The second-order valence-electron chi connectivity index (χ2n) is 4.97. The van der Waals surface area contributed by atoms with Crippen molar-refractivity contribution in [1.29, 1.82) is 0 Å². The van der Waals surface area contributed by atoms with Crippen molar-refractivity contribution < 1.29 is 4.79 Å². The third-order valence-corrected chi connectivity index (χ3v) is 4.19. The molecule has 3 nitrogen and oxygen atoms in total. The van der Waals surface area contributed by atoms with Crippen LogP contribution in [0.25, 0.3) is 11.3 Å². The molecule has 4 heteroatoms. The first kappa shape index (κ1) is 14.9. The van der Waals surface area contributed by atoms with Gasteiger partial charge in [0.15, 0.2) is 0 Å². The third-order valence-electron chi connectivity index (χ3n) is 3.34. The SMILES string of the molecule is CC(CCCN)C(=O)Cc1nc(-c2ccccc2)cs1. The van der Waals surface area contributed by atoms with Gasteiger partial charge in [-0.05, 0) is 19.4 Å². The minimum atomic E-state index is 0.0719. The summed E-state index contributed by atoms with van der Waals surface area (Å²) in [7, 11) is 0. The van der Waals surface area contributed by atoms with E-state index < -0.39 is 0 Å². The number of ketones is 1. The Morgan fingerprint density at radius 2 is 2.10 bits per heavy atom. The number of thiazole rings is 1. The molecule has 0 bridgehead atoms. The Balaban J connectivity index is 1.98. The van der Waals surface area contributed by atoms with Crippen LogP contribution in [-0.2, 0) is 11.2 Å². The van der Waals surface area contributed by atoms with Gasteiger partial charge in [0.05, 0.1) is 12.1 Å². The standard InChI is InChI=1S/C16H20N2OS/c1-12(6-5-9-17)15(19)10-16-18-14(11-20-16)13-7-3-2-4-8-13/h2-4,7-8,11-12H,5-6,9-10,17H2,1H3. The van der Waals surface area contributed by atoms with Gasteiger partial charge in [-0.3, -0.25) is 4.79 Å². The van der Waals surface area contributed by atoms with E-state index in [-0.39, 0.29) is 11.7 Å². The average molecular weight is 288 g/mol. The first-order valence-electron chi connectivity index (χ1n) is 6.93. The lowest BCUT2D eigenvalue weighted by Crippen LogP contribution is -2.15. The Labute approximate surface area is 123 Å². The third kappa shape index (κ3) is 3.99. The summed E-state index contributed by atoms with van der Waals surface area (Å²) in [5.41, 5.74) is 7.52. The molecule has 1 unspecified atom stereocenters. The van der Waals surface area contributed by atoms with E-state index in [1.807, 2.05) is 42.6 Å². The van der Waals surface area contributed by atoms with Gasteiger partial charge >= 0.3 is 0 Å². The van der Waals surface area contributed by atoms with E-state index in [4.69, 9.17) is 5.73 Å². The summed E-state index contributed by atoms with van der Waals surface area (Å²) in [5.74, 6) is 0.329. The smallest absolute Gasteiger partial charge is 0.142 e. The monoisotopic (exact) mass is 288 g/mol. The number of carbonyl (C=O) groups is 1. The molecule has 0 aliphatic heterocycles. The molecule has 1 aromatic carbocycles. The number of aromatic nitrogens is 1. The Kier molecular flexibility index (Phi) is 5.44. The van der Waals surface area contributed by atoms with Gasteiger partial charge < -0.3 is 5.73 Å². The van der Waals surface area contributed by atoms with Gasteiger partial charge in [0.1, 0.15) is 10.8 Å². The Morgan fingerprint density at radius 3 is 2.80 bits per heavy atom. The Hall–Kier alpha value is -1.52. The van der Waals surface area contributed by atoms with Crippen LogP contribution in [0.4, 0.5) is 0 Å². The van der Waals surface area contributed by atoms with E-state index in [2.05, 4.69) is 4.98 Å². The summed E-state index contributed by atoms with van der Waals surface area (Å²) in [6.07, 6.45) is 2.20. The molecule has 106 valence electrons. The normalized spacial score (nSPS) is 12.3. The van der Waals surface area contributed by atoms with Crippen molar-refractivity contribution >= 4 is 17.1 Å². The highest BCUT2D eigenvalue weighted by Crippen LogP contribution is 2.22. The molecule has 2 N–H and O–H groups in total. The van der Waals surface area contributed by atoms with Crippen LogP contribution in [0.15, 0.2) is 35.7 Å². The maximum atomic E-state index is 12.1. The van der Waals surface area contributed by atoms with Crippen LogP contribution in [0.1, 0.15) is 24.8 Å². The van der Waals surface area contributed by atoms with E-state index in [1.54, 1.807) is 11.3 Å². The summed E-state index contributed by atoms with van der Waals surface area (Å²) in [4.78, 5) is 16.6. The lowest BCUT2D eigenvalue weighted by atomic mass is 9.98. The summed E-state index contributed by atoms with van der Waals surface area (Å²) in [5, 5.41) is 2.91. The van der Waals surface area contributed by atoms with E-state index in [0.717, 1.165) is 29.1 Å². The molecule has 0 amide bonds. The largest absolute Gasteiger partial charge is 0.330 e. The summed E-state index contributed by atoms with van der Waals surface area (Å²) >= 11 is 1.56. The zero-order valence-electron chi connectivity index (χ0n) is 11.7. The number of Topliss-reactive ketones (excluding diaryl/α,β-unsaturated/α-hetero) is 1. The van der Waals surface area contributed by atoms with Gasteiger partial charge in [0.2, 0.25) is 0 Å². The zero-order chi connectivity index (χ0) is 14.4. The van der Waals surface area contributed by atoms with Crippen molar-refractivity contribution in [2.45, 2.75) is 26.2 Å². The number of nitrogens with two attached hydrogens (primary N) is 1. The molecule has 1 heterocycles. The van der Waals surface area contributed by atoms with Gasteiger partial charge in [-0.25, -0.2) is 4.98 Å². The van der Waals surface area contributed by atoms with Crippen molar-refractivity contribution in [2.24, 2.45) is 11.7 Å². The number of rotatable bonds is 7. The minimum absolute atomic E-state index is 0.0719. The topological polar surface area (TPSA) is 56.0 Å². The molecule has 1 aromatic heterocycles. The second-order valence-corrected chi connectivity index (χ2v) is 5.91. The lowest BCUT2D eigenvalue weighted by Gasteiger charge is -2.07. The summed E-state index contributed by atoms with van der Waals surface area (Å²) in [6.45, 7) is 2.62. The zero-order valence-corrected chi connectivity index (χ0v) is 12.5. The fraction of sp³-hybridized carbons (Fsp3) is 0.375. The molecule has 0 saturated carbocycles. The molecule has 20 heavy (non-hydrogen) atoms. The van der Waals surface area contributed by atoms with Crippen LogP contribution >= 0.6 is 11.3 Å². The van der Waals surface area contributed by atoms with Crippen LogP contribution in [-0.4, -0.2) is 17.3 Å². The molecular weight excluding hydrogens is 268 g/mol. The molecule has 0 aliphatic rings. The molecule has 0 spiro atoms. The molecule has 0 fully saturated rings. The predicted octanol–water partition coefficient (Wildman–Crippen LogP) is 3.30. The van der Waals surface area contributed by atoms with Gasteiger partial charge in [-0.15, -0.1) is 11.3 Å². The van der Waals surface area contributed by atoms with Crippen LogP contribution in [0.3, 0.4) is 0 Å². The maximum Gasteiger partial charge on any atom is 0.142 e. The lowest BCUT2D eigenvalue weighted by molar-refractivity contribution is -0.121. The van der Waals surface area contributed by atoms with E-state index in [9.17, 15) is 4.79 Å². The minimum Gasteiger partial charge on any atom is -0.330 e. The van der Waals surface area contributed by atoms with Gasteiger partial charge in [-0.1, -0.05) is 37.3 Å². The molecule has 0 saturated heterocycles. The molecule has 2 aromatic rings. The first-order chi connectivity index (χ1) is 9.70. The Bertz CT molecular complexity index is 551. The van der Waals surface area contributed by atoms with Crippen LogP contribution in [0.5, 0.6) is 0 Å². The van der Waals surface area contributed by atoms with Crippen molar-refractivity contribution in [1.82, 2.24) is 4.98 Å². The number of benzene rings is 1.